The van der Waals surface area contributed by atoms with Gasteiger partial charge in [0.1, 0.15) is 11.7 Å². The highest BCUT2D eigenvalue weighted by Gasteiger charge is 2.04. The molecule has 0 bridgehead atoms. The lowest BCUT2D eigenvalue weighted by Gasteiger charge is -2.05. The quantitative estimate of drug-likeness (QED) is 0.507. The Hall–Kier alpha value is -1.52. The Bertz CT molecular complexity index is 616. The van der Waals surface area contributed by atoms with Gasteiger partial charge in [0.25, 0.3) is 0 Å². The molecule has 0 fully saturated rings. The summed E-state index contributed by atoms with van der Waals surface area (Å²) in [6, 6.07) is 11.9. The fraction of sp³-hybridized carbons (Fsp3) is 0.0714. The second-order valence-electron chi connectivity index (χ2n) is 4.01. The van der Waals surface area contributed by atoms with Crippen LogP contribution in [0.15, 0.2) is 47.4 Å². The lowest BCUT2D eigenvalue weighted by atomic mass is 10.1. The maximum Gasteiger partial charge on any atom is 0.124 e. The maximum atomic E-state index is 13.4. The number of halogens is 2. The molecule has 98 valence electrons. The van der Waals surface area contributed by atoms with E-state index in [9.17, 15) is 4.39 Å². The number of nitrogens with one attached hydrogen (secondary N) is 1. The Labute approximate surface area is 120 Å². The SMILES string of the molecule is N=C(N)c1cc(F)cc(CSc2cccc(Cl)c2)c1. The Morgan fingerprint density at radius 1 is 1.26 bits per heavy atom. The van der Waals surface area contributed by atoms with Crippen molar-refractivity contribution in [3.8, 4) is 0 Å². The van der Waals surface area contributed by atoms with Crippen LogP contribution in [0.3, 0.4) is 0 Å². The molecule has 0 unspecified atom stereocenters. The van der Waals surface area contributed by atoms with E-state index >= 15 is 0 Å². The summed E-state index contributed by atoms with van der Waals surface area (Å²) in [5.41, 5.74) is 6.56. The summed E-state index contributed by atoms with van der Waals surface area (Å²) in [7, 11) is 0. The van der Waals surface area contributed by atoms with Crippen LogP contribution in [0.1, 0.15) is 11.1 Å². The molecule has 0 amide bonds. The molecule has 19 heavy (non-hydrogen) atoms. The zero-order chi connectivity index (χ0) is 13.8. The monoisotopic (exact) mass is 294 g/mol. The van der Waals surface area contributed by atoms with Crippen LogP contribution < -0.4 is 5.73 Å². The largest absolute Gasteiger partial charge is 0.384 e. The lowest BCUT2D eigenvalue weighted by molar-refractivity contribution is 0.626. The molecule has 0 aromatic heterocycles. The van der Waals surface area contributed by atoms with Crippen molar-refractivity contribution in [1.82, 2.24) is 0 Å². The van der Waals surface area contributed by atoms with Gasteiger partial charge in [0, 0.05) is 21.2 Å². The molecule has 0 radical (unpaired) electrons. The molecule has 0 aliphatic heterocycles. The van der Waals surface area contributed by atoms with Crippen LogP contribution in [-0.2, 0) is 5.75 Å². The maximum absolute atomic E-state index is 13.4. The first kappa shape index (κ1) is 13.9. The molecule has 0 spiro atoms. The van der Waals surface area contributed by atoms with Gasteiger partial charge in [-0.2, -0.15) is 0 Å². The van der Waals surface area contributed by atoms with E-state index in [4.69, 9.17) is 22.7 Å². The van der Waals surface area contributed by atoms with Crippen molar-refractivity contribution in [2.45, 2.75) is 10.6 Å². The van der Waals surface area contributed by atoms with Crippen molar-refractivity contribution >= 4 is 29.2 Å². The highest BCUT2D eigenvalue weighted by atomic mass is 35.5. The molecule has 0 heterocycles. The van der Waals surface area contributed by atoms with E-state index in [0.29, 0.717) is 16.3 Å². The molecule has 5 heteroatoms. The van der Waals surface area contributed by atoms with Gasteiger partial charge >= 0.3 is 0 Å². The highest BCUT2D eigenvalue weighted by molar-refractivity contribution is 7.98. The molecular formula is C14H12ClFN2S. The Morgan fingerprint density at radius 3 is 2.74 bits per heavy atom. The molecule has 2 aromatic rings. The summed E-state index contributed by atoms with van der Waals surface area (Å²) in [6.07, 6.45) is 0. The zero-order valence-corrected chi connectivity index (χ0v) is 11.6. The second kappa shape index (κ2) is 6.08. The Balaban J connectivity index is 2.13. The van der Waals surface area contributed by atoms with Gasteiger partial charge in [-0.25, -0.2) is 4.39 Å². The zero-order valence-electron chi connectivity index (χ0n) is 9.99. The van der Waals surface area contributed by atoms with E-state index in [2.05, 4.69) is 0 Å². The molecule has 2 aromatic carbocycles. The average Bonchev–Trinajstić information content (AvgIpc) is 2.36. The van der Waals surface area contributed by atoms with Gasteiger partial charge in [0.05, 0.1) is 0 Å². The van der Waals surface area contributed by atoms with Gasteiger partial charge in [0.15, 0.2) is 0 Å². The van der Waals surface area contributed by atoms with E-state index in [0.717, 1.165) is 10.5 Å². The molecule has 0 atom stereocenters. The number of benzene rings is 2. The average molecular weight is 295 g/mol. The number of amidine groups is 1. The molecular weight excluding hydrogens is 283 g/mol. The molecule has 2 nitrogen and oxygen atoms in total. The van der Waals surface area contributed by atoms with E-state index < -0.39 is 0 Å². The molecule has 0 aliphatic carbocycles. The fourth-order valence-electron chi connectivity index (χ4n) is 1.61. The van der Waals surface area contributed by atoms with Gasteiger partial charge in [-0.15, -0.1) is 11.8 Å². The molecule has 2 rings (SSSR count). The highest BCUT2D eigenvalue weighted by Crippen LogP contribution is 2.25. The van der Waals surface area contributed by atoms with Crippen LogP contribution >= 0.6 is 23.4 Å². The van der Waals surface area contributed by atoms with Crippen molar-refractivity contribution in [1.29, 1.82) is 5.41 Å². The summed E-state index contributed by atoms with van der Waals surface area (Å²) in [6.45, 7) is 0. The smallest absolute Gasteiger partial charge is 0.124 e. The minimum Gasteiger partial charge on any atom is -0.384 e. The Morgan fingerprint density at radius 2 is 2.05 bits per heavy atom. The number of nitrogen functional groups attached to an aromatic ring is 1. The summed E-state index contributed by atoms with van der Waals surface area (Å²) < 4.78 is 13.4. The number of nitrogens with two attached hydrogens (primary N) is 1. The van der Waals surface area contributed by atoms with Crippen LogP contribution in [0.5, 0.6) is 0 Å². The van der Waals surface area contributed by atoms with E-state index in [1.54, 1.807) is 17.8 Å². The van der Waals surface area contributed by atoms with Gasteiger partial charge in [-0.3, -0.25) is 5.41 Å². The first-order valence-corrected chi connectivity index (χ1v) is 6.93. The Kier molecular flexibility index (Phi) is 4.45. The number of rotatable bonds is 4. The van der Waals surface area contributed by atoms with Crippen LogP contribution in [0, 0.1) is 11.2 Å². The first-order chi connectivity index (χ1) is 9.04. The third kappa shape index (κ3) is 3.98. The molecule has 0 saturated carbocycles. The lowest BCUT2D eigenvalue weighted by Crippen LogP contribution is -2.11. The summed E-state index contributed by atoms with van der Waals surface area (Å²) >= 11 is 7.46. The van der Waals surface area contributed by atoms with Crippen molar-refractivity contribution < 1.29 is 4.39 Å². The van der Waals surface area contributed by atoms with Crippen LogP contribution in [0.25, 0.3) is 0 Å². The standard InChI is InChI=1S/C14H12ClFN2S/c15-11-2-1-3-13(7-11)19-8-9-4-10(14(17)18)6-12(16)5-9/h1-7H,8H2,(H3,17,18). The summed E-state index contributed by atoms with van der Waals surface area (Å²) in [4.78, 5) is 1.01. The number of thioether (sulfide) groups is 1. The molecule has 3 N–H and O–H groups in total. The van der Waals surface area contributed by atoms with Gasteiger partial charge in [0.2, 0.25) is 0 Å². The summed E-state index contributed by atoms with van der Waals surface area (Å²) in [5.74, 6) is 0.0844. The van der Waals surface area contributed by atoms with Gasteiger partial charge in [-0.1, -0.05) is 17.7 Å². The van der Waals surface area contributed by atoms with Crippen LogP contribution in [0.2, 0.25) is 5.02 Å². The number of hydrogen-bond acceptors (Lipinski definition) is 2. The topological polar surface area (TPSA) is 49.9 Å². The third-order valence-corrected chi connectivity index (χ3v) is 3.77. The van der Waals surface area contributed by atoms with Crippen LogP contribution in [0.4, 0.5) is 4.39 Å². The minimum absolute atomic E-state index is 0.131. The third-order valence-electron chi connectivity index (χ3n) is 2.47. The van der Waals surface area contributed by atoms with Crippen molar-refractivity contribution in [2.75, 3.05) is 0 Å². The second-order valence-corrected chi connectivity index (χ2v) is 5.49. The van der Waals surface area contributed by atoms with Crippen molar-refractivity contribution in [3.05, 3.63) is 64.4 Å². The minimum atomic E-state index is -0.380. The van der Waals surface area contributed by atoms with Gasteiger partial charge < -0.3 is 5.73 Å². The van der Waals surface area contributed by atoms with E-state index in [-0.39, 0.29) is 11.7 Å². The van der Waals surface area contributed by atoms with Crippen molar-refractivity contribution in [2.24, 2.45) is 5.73 Å². The molecule has 0 saturated heterocycles. The van der Waals surface area contributed by atoms with Gasteiger partial charge in [-0.05, 0) is 42.0 Å². The number of hydrogen-bond donors (Lipinski definition) is 2. The van der Waals surface area contributed by atoms with Crippen LogP contribution in [-0.4, -0.2) is 5.84 Å². The fourth-order valence-corrected chi connectivity index (χ4v) is 2.75. The van der Waals surface area contributed by atoms with Crippen molar-refractivity contribution in [3.63, 3.8) is 0 Å². The first-order valence-electron chi connectivity index (χ1n) is 5.57. The van der Waals surface area contributed by atoms with E-state index in [1.165, 1.54) is 12.1 Å². The predicted molar refractivity (Wildman–Crippen MR) is 78.4 cm³/mol. The predicted octanol–water partition coefficient (Wildman–Crippen LogP) is 4.06. The normalized spacial score (nSPS) is 10.4. The summed E-state index contributed by atoms with van der Waals surface area (Å²) in [5, 5.41) is 8.01. The van der Waals surface area contributed by atoms with E-state index in [1.807, 2.05) is 24.3 Å². The molecule has 0 aliphatic rings.